The van der Waals surface area contributed by atoms with Crippen molar-refractivity contribution in [2.24, 2.45) is 11.5 Å². The number of carbonyl (C=O) groups excluding carboxylic acids is 4. The van der Waals surface area contributed by atoms with Crippen molar-refractivity contribution in [1.82, 2.24) is 15.5 Å². The molecule has 0 saturated carbocycles. The minimum atomic E-state index is -1.34. The topological polar surface area (TPSA) is 185 Å². The predicted molar refractivity (Wildman–Crippen MR) is 107 cm³/mol. The van der Waals surface area contributed by atoms with Crippen LogP contribution in [0, 0.1) is 0 Å². The number of carboxylic acid groups (broad SMARTS) is 1. The van der Waals surface area contributed by atoms with E-state index in [2.05, 4.69) is 10.6 Å². The molecule has 1 rings (SSSR count). The van der Waals surface area contributed by atoms with Crippen LogP contribution in [0.3, 0.4) is 0 Å². The Morgan fingerprint density at radius 3 is 2.45 bits per heavy atom. The lowest BCUT2D eigenvalue weighted by Crippen LogP contribution is -2.57. The van der Waals surface area contributed by atoms with E-state index in [9.17, 15) is 24.0 Å². The van der Waals surface area contributed by atoms with E-state index in [1.807, 2.05) is 6.26 Å². The Morgan fingerprint density at radius 1 is 1.24 bits per heavy atom. The number of thioether (sulfide) groups is 1. The third-order valence-corrected chi connectivity index (χ3v) is 5.20. The molecule has 1 aliphatic heterocycles. The van der Waals surface area contributed by atoms with Crippen molar-refractivity contribution in [3.8, 4) is 0 Å². The molecule has 4 amide bonds. The number of amides is 4. The Bertz CT molecular complexity index is 646. The number of aliphatic carboxylic acids is 1. The number of nitrogens with two attached hydrogens (primary N) is 2. The van der Waals surface area contributed by atoms with Gasteiger partial charge < -0.3 is 32.1 Å². The first-order valence-electron chi connectivity index (χ1n) is 9.25. The number of nitrogens with one attached hydrogen (secondary N) is 2. The van der Waals surface area contributed by atoms with E-state index in [0.29, 0.717) is 31.6 Å². The van der Waals surface area contributed by atoms with E-state index in [-0.39, 0.29) is 5.91 Å². The van der Waals surface area contributed by atoms with Gasteiger partial charge in [0.05, 0.1) is 12.5 Å². The lowest BCUT2D eigenvalue weighted by atomic mass is 10.1. The second kappa shape index (κ2) is 11.6. The fourth-order valence-electron chi connectivity index (χ4n) is 2.94. The summed E-state index contributed by atoms with van der Waals surface area (Å²) in [5.41, 5.74) is 11.1. The van der Waals surface area contributed by atoms with Gasteiger partial charge in [-0.25, -0.2) is 0 Å². The maximum atomic E-state index is 12.7. The summed E-state index contributed by atoms with van der Waals surface area (Å²) in [5.74, 6) is -3.20. The van der Waals surface area contributed by atoms with Gasteiger partial charge in [-0.2, -0.15) is 11.8 Å². The number of primary amides is 1. The molecule has 0 aromatic rings. The van der Waals surface area contributed by atoms with Gasteiger partial charge in [0.1, 0.15) is 18.1 Å². The first kappa shape index (κ1) is 24.7. The highest BCUT2D eigenvalue weighted by Gasteiger charge is 2.37. The summed E-state index contributed by atoms with van der Waals surface area (Å²) in [6.07, 6.45) is 2.87. The molecular weight excluding hydrogens is 402 g/mol. The Kier molecular flexibility index (Phi) is 9.89. The fraction of sp³-hybridized carbons (Fsp3) is 0.706. The number of rotatable bonds is 11. The molecular formula is C17H29N5O6S. The quantitative estimate of drug-likeness (QED) is 0.249. The molecule has 0 radical (unpaired) electrons. The molecule has 1 fully saturated rings. The van der Waals surface area contributed by atoms with Crippen molar-refractivity contribution in [2.45, 2.75) is 56.8 Å². The summed E-state index contributed by atoms with van der Waals surface area (Å²) >= 11 is 1.56. The zero-order chi connectivity index (χ0) is 22.1. The van der Waals surface area contributed by atoms with Gasteiger partial charge in [-0.1, -0.05) is 0 Å². The van der Waals surface area contributed by atoms with Gasteiger partial charge in [-0.15, -0.1) is 0 Å². The van der Waals surface area contributed by atoms with Crippen molar-refractivity contribution in [2.75, 3.05) is 18.6 Å². The fourth-order valence-corrected chi connectivity index (χ4v) is 3.43. The van der Waals surface area contributed by atoms with Crippen LogP contribution in [-0.2, 0) is 24.0 Å². The molecule has 0 bridgehead atoms. The molecule has 0 aliphatic carbocycles. The highest BCUT2D eigenvalue weighted by Crippen LogP contribution is 2.19. The van der Waals surface area contributed by atoms with Crippen LogP contribution in [0.4, 0.5) is 0 Å². The SMILES string of the molecule is CSCCC(N)C(=O)N1CCCC1C(=O)NC(CC(N)=O)C(=O)NC(C)C(=O)O. The first-order chi connectivity index (χ1) is 13.6. The lowest BCUT2D eigenvalue weighted by Gasteiger charge is -2.28. The van der Waals surface area contributed by atoms with Gasteiger partial charge in [0, 0.05) is 6.54 Å². The van der Waals surface area contributed by atoms with Gasteiger partial charge in [0.2, 0.25) is 23.6 Å². The molecule has 4 unspecified atom stereocenters. The zero-order valence-corrected chi connectivity index (χ0v) is 17.4. The highest BCUT2D eigenvalue weighted by atomic mass is 32.2. The molecule has 0 aromatic heterocycles. The average Bonchev–Trinajstić information content (AvgIpc) is 3.14. The summed E-state index contributed by atoms with van der Waals surface area (Å²) in [5, 5.41) is 13.5. The Morgan fingerprint density at radius 2 is 1.90 bits per heavy atom. The molecule has 1 saturated heterocycles. The van der Waals surface area contributed by atoms with Crippen LogP contribution in [0.15, 0.2) is 0 Å². The minimum absolute atomic E-state index is 0.341. The van der Waals surface area contributed by atoms with Crippen molar-refractivity contribution < 1.29 is 29.1 Å². The number of hydrogen-bond donors (Lipinski definition) is 5. The third-order valence-electron chi connectivity index (χ3n) is 4.56. The van der Waals surface area contributed by atoms with Gasteiger partial charge in [-0.3, -0.25) is 24.0 Å². The Hall–Kier alpha value is -2.34. The molecule has 29 heavy (non-hydrogen) atoms. The predicted octanol–water partition coefficient (Wildman–Crippen LogP) is -1.99. The van der Waals surface area contributed by atoms with Gasteiger partial charge in [0.15, 0.2) is 0 Å². The second-order valence-corrected chi connectivity index (χ2v) is 7.86. The van der Waals surface area contributed by atoms with Gasteiger partial charge >= 0.3 is 5.97 Å². The van der Waals surface area contributed by atoms with Gasteiger partial charge in [-0.05, 0) is 38.2 Å². The largest absolute Gasteiger partial charge is 0.480 e. The number of likely N-dealkylation sites (tertiary alicyclic amines) is 1. The van der Waals surface area contributed by atoms with Crippen LogP contribution < -0.4 is 22.1 Å². The smallest absolute Gasteiger partial charge is 0.325 e. The van der Waals surface area contributed by atoms with E-state index in [1.165, 1.54) is 11.8 Å². The number of carbonyl (C=O) groups is 5. The van der Waals surface area contributed by atoms with Crippen molar-refractivity contribution in [3.63, 3.8) is 0 Å². The maximum Gasteiger partial charge on any atom is 0.325 e. The monoisotopic (exact) mass is 431 g/mol. The van der Waals surface area contributed by atoms with Crippen LogP contribution in [0.25, 0.3) is 0 Å². The molecule has 4 atom stereocenters. The number of carboxylic acids is 1. The molecule has 0 spiro atoms. The maximum absolute atomic E-state index is 12.7. The van der Waals surface area contributed by atoms with Crippen LogP contribution in [-0.4, -0.2) is 82.3 Å². The van der Waals surface area contributed by atoms with E-state index >= 15 is 0 Å². The van der Waals surface area contributed by atoms with E-state index in [4.69, 9.17) is 16.6 Å². The van der Waals surface area contributed by atoms with Crippen LogP contribution in [0.5, 0.6) is 0 Å². The second-order valence-electron chi connectivity index (χ2n) is 6.88. The zero-order valence-electron chi connectivity index (χ0n) is 16.6. The summed E-state index contributed by atoms with van der Waals surface area (Å²) < 4.78 is 0. The van der Waals surface area contributed by atoms with Crippen LogP contribution in [0.1, 0.15) is 32.6 Å². The summed E-state index contributed by atoms with van der Waals surface area (Å²) in [6.45, 7) is 1.61. The molecule has 1 aliphatic rings. The van der Waals surface area contributed by atoms with Gasteiger partial charge in [0.25, 0.3) is 0 Å². The average molecular weight is 432 g/mol. The van der Waals surface area contributed by atoms with Crippen molar-refractivity contribution >= 4 is 41.4 Å². The van der Waals surface area contributed by atoms with Crippen molar-refractivity contribution in [3.05, 3.63) is 0 Å². The highest BCUT2D eigenvalue weighted by molar-refractivity contribution is 7.98. The standard InChI is InChI=1S/C17H29N5O6S/c1-9(17(27)28)20-14(24)11(8-13(19)23)21-15(25)12-4-3-6-22(12)16(26)10(18)5-7-29-2/h9-12H,3-8,18H2,1-2H3,(H2,19,23)(H,20,24)(H,21,25)(H,27,28). The number of hydrogen-bond acceptors (Lipinski definition) is 7. The third kappa shape index (κ3) is 7.54. The van der Waals surface area contributed by atoms with E-state index in [1.54, 1.807) is 11.8 Å². The first-order valence-corrected chi connectivity index (χ1v) is 10.6. The lowest BCUT2D eigenvalue weighted by molar-refractivity contribution is -0.143. The summed E-state index contributed by atoms with van der Waals surface area (Å²) in [7, 11) is 0. The normalized spacial score (nSPS) is 19.1. The molecule has 164 valence electrons. The summed E-state index contributed by atoms with van der Waals surface area (Å²) in [4.78, 5) is 61.2. The molecule has 0 aromatic carbocycles. The van der Waals surface area contributed by atoms with E-state index in [0.717, 1.165) is 0 Å². The van der Waals surface area contributed by atoms with Crippen LogP contribution in [0.2, 0.25) is 0 Å². The number of nitrogens with zero attached hydrogens (tertiary/aromatic N) is 1. The van der Waals surface area contributed by atoms with Crippen LogP contribution >= 0.6 is 11.8 Å². The molecule has 12 heteroatoms. The summed E-state index contributed by atoms with van der Waals surface area (Å²) in [6, 6.07) is -4.10. The minimum Gasteiger partial charge on any atom is -0.480 e. The van der Waals surface area contributed by atoms with E-state index < -0.39 is 54.3 Å². The Labute approximate surface area is 173 Å². The van der Waals surface area contributed by atoms with Crippen molar-refractivity contribution in [1.29, 1.82) is 0 Å². The molecule has 1 heterocycles. The Balaban J connectivity index is 2.83. The molecule has 7 N–H and O–H groups in total. The molecule has 11 nitrogen and oxygen atoms in total.